The van der Waals surface area contributed by atoms with Crippen molar-refractivity contribution in [1.29, 1.82) is 0 Å². The smallest absolute Gasteiger partial charge is 0.362 e. The van der Waals surface area contributed by atoms with E-state index in [9.17, 15) is 0 Å². The quantitative estimate of drug-likeness (QED) is 0.179. The number of hydrazone groups is 2. The summed E-state index contributed by atoms with van der Waals surface area (Å²) < 4.78 is 0. The summed E-state index contributed by atoms with van der Waals surface area (Å²) in [5.41, 5.74) is 22.3. The van der Waals surface area contributed by atoms with Crippen LogP contribution in [0.4, 0.5) is 0 Å². The van der Waals surface area contributed by atoms with Crippen molar-refractivity contribution in [2.75, 3.05) is 0 Å². The van der Waals surface area contributed by atoms with Gasteiger partial charge in [0.2, 0.25) is 6.21 Å². The van der Waals surface area contributed by atoms with Crippen molar-refractivity contribution in [3.8, 4) is 0 Å². The lowest BCUT2D eigenvalue weighted by atomic mass is 10.1. The van der Waals surface area contributed by atoms with Crippen LogP contribution in [0, 0.1) is 0 Å². The van der Waals surface area contributed by atoms with Crippen LogP contribution < -0.4 is 33.1 Å². The van der Waals surface area contributed by atoms with Crippen molar-refractivity contribution < 1.29 is 10.2 Å². The minimum absolute atomic E-state index is 0.0151. The maximum atomic E-state index is 5.27. The minimum Gasteiger partial charge on any atom is -0.365 e. The van der Waals surface area contributed by atoms with Crippen LogP contribution in [0.15, 0.2) is 40.5 Å². The Kier molecular flexibility index (Phi) is 4.85. The van der Waals surface area contributed by atoms with Crippen molar-refractivity contribution >= 4 is 23.8 Å². The Labute approximate surface area is 104 Å². The molecule has 10 N–H and O–H groups in total. The molecule has 0 aromatic heterocycles. The van der Waals surface area contributed by atoms with E-state index in [0.717, 1.165) is 5.56 Å². The molecule has 1 aromatic carbocycles. The lowest BCUT2D eigenvalue weighted by Crippen LogP contribution is -2.74. The Morgan fingerprint density at radius 1 is 1.00 bits per heavy atom. The molecule has 18 heavy (non-hydrogen) atoms. The van der Waals surface area contributed by atoms with Crippen LogP contribution in [0.25, 0.3) is 0 Å². The second-order valence-corrected chi connectivity index (χ2v) is 3.24. The fourth-order valence-electron chi connectivity index (χ4n) is 1.08. The van der Waals surface area contributed by atoms with Gasteiger partial charge in [0.25, 0.3) is 5.96 Å². The number of nitrogens with one attached hydrogen (secondary N) is 2. The standard InChI is InChI=1S/C10H14N8/c11-9(12)17-15-6-8(16-18-10(13)14)7-4-2-1-3-5-7/h1-6H,(H4,11,12,17)(H4,13,14,18)/p+2/b15-6-,16-8+. The van der Waals surface area contributed by atoms with Gasteiger partial charge in [-0.25, -0.2) is 0 Å². The molecule has 0 aliphatic carbocycles. The predicted molar refractivity (Wildman–Crippen MR) is 70.2 cm³/mol. The molecule has 0 amide bonds. The number of benzene rings is 1. The Morgan fingerprint density at radius 3 is 2.22 bits per heavy atom. The summed E-state index contributed by atoms with van der Waals surface area (Å²) in [5.74, 6) is -0.102. The molecular formula is C10H16N8+2. The van der Waals surface area contributed by atoms with E-state index in [4.69, 9.17) is 22.9 Å². The summed E-state index contributed by atoms with van der Waals surface area (Å²) in [6, 6.07) is 9.35. The molecule has 0 aliphatic rings. The molecule has 8 heteroatoms. The second-order valence-electron chi connectivity index (χ2n) is 3.24. The Balaban J connectivity index is 3.04. The van der Waals surface area contributed by atoms with Crippen molar-refractivity contribution in [3.05, 3.63) is 35.9 Å². The summed E-state index contributed by atoms with van der Waals surface area (Å²) in [4.78, 5) is 0. The van der Waals surface area contributed by atoms with Crippen LogP contribution in [-0.4, -0.2) is 23.8 Å². The predicted octanol–water partition coefficient (Wildman–Crippen LogP) is -4.92. The SMILES string of the molecule is NC(N)=N/[NH+]=C\C(=N/[NH+]=C(N)N)c1ccccc1. The highest BCUT2D eigenvalue weighted by Gasteiger charge is 2.04. The number of hydrogen-bond acceptors (Lipinski definition) is 2. The van der Waals surface area contributed by atoms with Gasteiger partial charge in [0, 0.05) is 10.7 Å². The average molecular weight is 248 g/mol. The molecule has 0 saturated carbocycles. The van der Waals surface area contributed by atoms with E-state index in [1.54, 1.807) is 0 Å². The molecule has 1 aromatic rings. The summed E-state index contributed by atoms with van der Waals surface area (Å²) in [6.07, 6.45) is 1.50. The fourth-order valence-corrected chi connectivity index (χ4v) is 1.08. The number of rotatable bonds is 4. The van der Waals surface area contributed by atoms with Gasteiger partial charge in [-0.1, -0.05) is 30.3 Å². The Morgan fingerprint density at radius 2 is 1.67 bits per heavy atom. The van der Waals surface area contributed by atoms with Crippen LogP contribution in [-0.2, 0) is 0 Å². The molecule has 0 aliphatic heterocycles. The third-order valence-corrected chi connectivity index (χ3v) is 1.77. The van der Waals surface area contributed by atoms with E-state index in [-0.39, 0.29) is 11.9 Å². The van der Waals surface area contributed by atoms with Crippen LogP contribution in [0.3, 0.4) is 0 Å². The van der Waals surface area contributed by atoms with Gasteiger partial charge in [-0.15, -0.1) is 10.2 Å². The van der Waals surface area contributed by atoms with Crippen LogP contribution >= 0.6 is 0 Å². The van der Waals surface area contributed by atoms with Gasteiger partial charge in [-0.2, -0.15) is 5.10 Å². The van der Waals surface area contributed by atoms with E-state index in [2.05, 4.69) is 20.4 Å². The van der Waals surface area contributed by atoms with Crippen molar-refractivity contribution in [1.82, 2.24) is 0 Å². The zero-order valence-electron chi connectivity index (χ0n) is 9.67. The third kappa shape index (κ3) is 4.75. The highest BCUT2D eigenvalue weighted by atomic mass is 15.3. The molecule has 0 bridgehead atoms. The van der Waals surface area contributed by atoms with Gasteiger partial charge in [-0.3, -0.25) is 11.5 Å². The minimum atomic E-state index is -0.0866. The van der Waals surface area contributed by atoms with Crippen molar-refractivity contribution in [3.63, 3.8) is 0 Å². The molecule has 0 atom stereocenters. The maximum absolute atomic E-state index is 5.27. The van der Waals surface area contributed by atoms with Gasteiger partial charge in [0.15, 0.2) is 5.71 Å². The first-order chi connectivity index (χ1) is 8.59. The average Bonchev–Trinajstić information content (AvgIpc) is 2.34. The first-order valence-corrected chi connectivity index (χ1v) is 5.04. The summed E-state index contributed by atoms with van der Waals surface area (Å²) >= 11 is 0. The van der Waals surface area contributed by atoms with Gasteiger partial charge in [0.05, 0.1) is 0 Å². The topological polar surface area (TPSA) is 157 Å². The molecule has 0 saturated heterocycles. The van der Waals surface area contributed by atoms with Crippen molar-refractivity contribution in [2.45, 2.75) is 0 Å². The summed E-state index contributed by atoms with van der Waals surface area (Å²) in [7, 11) is 0. The molecule has 0 unspecified atom stereocenters. The lowest BCUT2D eigenvalue weighted by Gasteiger charge is -1.94. The van der Waals surface area contributed by atoms with Gasteiger partial charge in [-0.05, 0) is 0 Å². The van der Waals surface area contributed by atoms with Crippen LogP contribution in [0.2, 0.25) is 0 Å². The normalized spacial score (nSPS) is 11.2. The second kappa shape index (κ2) is 6.63. The summed E-state index contributed by atoms with van der Waals surface area (Å²) in [6.45, 7) is 0. The molecule has 0 fully saturated rings. The third-order valence-electron chi connectivity index (χ3n) is 1.77. The van der Waals surface area contributed by atoms with E-state index in [1.165, 1.54) is 6.21 Å². The first-order valence-electron chi connectivity index (χ1n) is 5.04. The summed E-state index contributed by atoms with van der Waals surface area (Å²) in [5, 5.41) is 12.6. The van der Waals surface area contributed by atoms with E-state index in [1.807, 2.05) is 30.3 Å². The van der Waals surface area contributed by atoms with E-state index >= 15 is 0 Å². The monoisotopic (exact) mass is 248 g/mol. The molecule has 0 heterocycles. The molecular weight excluding hydrogens is 232 g/mol. The molecule has 8 nitrogen and oxygen atoms in total. The fraction of sp³-hybridized carbons (Fsp3) is 0. The van der Waals surface area contributed by atoms with Crippen LogP contribution in [0.1, 0.15) is 5.56 Å². The van der Waals surface area contributed by atoms with E-state index < -0.39 is 0 Å². The Hall–Kier alpha value is -2.90. The zero-order chi connectivity index (χ0) is 13.4. The number of guanidine groups is 2. The molecule has 94 valence electrons. The lowest BCUT2D eigenvalue weighted by molar-refractivity contribution is -0.466. The van der Waals surface area contributed by atoms with E-state index in [0.29, 0.717) is 5.71 Å². The highest BCUT2D eigenvalue weighted by molar-refractivity contribution is 6.36. The number of hydrogen-bond donors (Lipinski definition) is 6. The van der Waals surface area contributed by atoms with Gasteiger partial charge >= 0.3 is 5.96 Å². The molecule has 0 spiro atoms. The zero-order valence-corrected chi connectivity index (χ0v) is 9.67. The maximum Gasteiger partial charge on any atom is 0.362 e. The molecule has 1 rings (SSSR count). The van der Waals surface area contributed by atoms with Crippen LogP contribution in [0.5, 0.6) is 0 Å². The Bertz CT molecular complexity index is 492. The number of nitrogens with two attached hydrogens (primary N) is 4. The van der Waals surface area contributed by atoms with Crippen molar-refractivity contribution in [2.24, 2.45) is 33.1 Å². The number of nitrogens with zero attached hydrogens (tertiary/aromatic N) is 2. The largest absolute Gasteiger partial charge is 0.365 e. The van der Waals surface area contributed by atoms with Gasteiger partial charge < -0.3 is 11.5 Å². The molecule has 0 radical (unpaired) electrons. The highest BCUT2D eigenvalue weighted by Crippen LogP contribution is 1.97. The van der Waals surface area contributed by atoms with Gasteiger partial charge in [0.1, 0.15) is 0 Å². The first kappa shape index (κ1) is 13.2.